The molecule has 0 aliphatic heterocycles. The second-order valence-corrected chi connectivity index (χ2v) is 8.83. The quantitative estimate of drug-likeness (QED) is 0.636. The third kappa shape index (κ3) is 4.52. The second-order valence-electron chi connectivity index (χ2n) is 5.74. The zero-order valence-corrected chi connectivity index (χ0v) is 15.6. The molecule has 25 heavy (non-hydrogen) atoms. The van der Waals surface area contributed by atoms with Gasteiger partial charge < -0.3 is 5.32 Å². The Labute approximate surface area is 152 Å². The molecule has 0 bridgehead atoms. The summed E-state index contributed by atoms with van der Waals surface area (Å²) in [6, 6.07) is 18.0. The van der Waals surface area contributed by atoms with Crippen LogP contribution >= 0.6 is 11.8 Å². The third-order valence-electron chi connectivity index (χ3n) is 3.85. The molecule has 3 aromatic rings. The van der Waals surface area contributed by atoms with Crippen LogP contribution in [0, 0.1) is 0 Å². The van der Waals surface area contributed by atoms with E-state index in [4.69, 9.17) is 0 Å². The number of aromatic nitrogens is 1. The van der Waals surface area contributed by atoms with Crippen molar-refractivity contribution in [2.45, 2.75) is 10.6 Å². The average Bonchev–Trinajstić information content (AvgIpc) is 2.61. The van der Waals surface area contributed by atoms with Crippen LogP contribution in [0.2, 0.25) is 0 Å². The lowest BCUT2D eigenvalue weighted by atomic mass is 10.1. The lowest BCUT2D eigenvalue weighted by molar-refractivity contribution is 0.602. The Morgan fingerprint density at radius 2 is 1.84 bits per heavy atom. The zero-order valence-electron chi connectivity index (χ0n) is 14.0. The minimum Gasteiger partial charge on any atom is -0.368 e. The smallest absolute Gasteiger partial charge is 0.179 e. The molecule has 2 aromatic carbocycles. The van der Waals surface area contributed by atoms with E-state index in [9.17, 15) is 8.42 Å². The molecular formula is C19H20N2O2S2. The van der Waals surface area contributed by atoms with Crippen molar-refractivity contribution in [1.29, 1.82) is 0 Å². The summed E-state index contributed by atoms with van der Waals surface area (Å²) >= 11 is 1.81. The molecule has 4 nitrogen and oxygen atoms in total. The van der Waals surface area contributed by atoms with Crippen LogP contribution in [0.25, 0.3) is 10.8 Å². The molecule has 1 N–H and O–H groups in total. The van der Waals surface area contributed by atoms with Crippen molar-refractivity contribution in [3.05, 3.63) is 66.4 Å². The minimum atomic E-state index is -3.28. The van der Waals surface area contributed by atoms with E-state index in [1.54, 1.807) is 18.3 Å². The van der Waals surface area contributed by atoms with Crippen molar-refractivity contribution in [3.63, 3.8) is 0 Å². The first-order chi connectivity index (χ1) is 12.1. The number of hydrogen-bond acceptors (Lipinski definition) is 5. The summed E-state index contributed by atoms with van der Waals surface area (Å²) in [6.45, 7) is 0.662. The monoisotopic (exact) mass is 372 g/mol. The minimum absolute atomic E-state index is 0.244. The third-order valence-corrected chi connectivity index (χ3v) is 5.98. The Kier molecular flexibility index (Phi) is 5.60. The van der Waals surface area contributed by atoms with Crippen molar-refractivity contribution < 1.29 is 8.42 Å². The van der Waals surface area contributed by atoms with E-state index >= 15 is 0 Å². The van der Waals surface area contributed by atoms with E-state index in [2.05, 4.69) is 52.8 Å². The fraction of sp³-hybridized carbons (Fsp3) is 0.211. The van der Waals surface area contributed by atoms with Gasteiger partial charge >= 0.3 is 0 Å². The largest absolute Gasteiger partial charge is 0.368 e. The molecule has 0 unspecified atom stereocenters. The number of anilines is 1. The van der Waals surface area contributed by atoms with E-state index in [1.807, 2.05) is 11.8 Å². The van der Waals surface area contributed by atoms with Crippen molar-refractivity contribution in [3.8, 4) is 0 Å². The van der Waals surface area contributed by atoms with Gasteiger partial charge in [0.1, 0.15) is 10.7 Å². The number of sulfone groups is 1. The topological polar surface area (TPSA) is 59.1 Å². The van der Waals surface area contributed by atoms with Gasteiger partial charge in [-0.25, -0.2) is 13.4 Å². The number of nitrogens with zero attached hydrogens (tertiary/aromatic N) is 1. The van der Waals surface area contributed by atoms with E-state index in [1.165, 1.54) is 22.6 Å². The van der Waals surface area contributed by atoms with E-state index < -0.39 is 9.84 Å². The van der Waals surface area contributed by atoms with Crippen LogP contribution in [0.1, 0.15) is 5.56 Å². The SMILES string of the molecule is CS(=O)(=O)c1cccnc1NCCSCc1cccc2ccccc12. The summed E-state index contributed by atoms with van der Waals surface area (Å²) in [5.41, 5.74) is 1.32. The number of rotatable bonds is 7. The summed E-state index contributed by atoms with van der Waals surface area (Å²) in [6.07, 6.45) is 2.80. The Bertz CT molecular complexity index is 967. The number of hydrogen-bond donors (Lipinski definition) is 1. The molecule has 3 rings (SSSR count). The van der Waals surface area contributed by atoms with E-state index in [0.29, 0.717) is 12.4 Å². The average molecular weight is 373 g/mol. The Hall–Kier alpha value is -2.05. The molecule has 1 aromatic heterocycles. The molecule has 0 saturated carbocycles. The van der Waals surface area contributed by atoms with Gasteiger partial charge in [-0.05, 0) is 28.5 Å². The van der Waals surface area contributed by atoms with Gasteiger partial charge in [-0.1, -0.05) is 42.5 Å². The maximum absolute atomic E-state index is 11.8. The van der Waals surface area contributed by atoms with Crippen molar-refractivity contribution in [1.82, 2.24) is 4.98 Å². The Balaban J connectivity index is 1.56. The van der Waals surface area contributed by atoms with Crippen LogP contribution in [0.5, 0.6) is 0 Å². The van der Waals surface area contributed by atoms with Crippen molar-refractivity contribution in [2.24, 2.45) is 0 Å². The summed E-state index contributed by atoms with van der Waals surface area (Å²) in [5.74, 6) is 2.21. The highest BCUT2D eigenvalue weighted by molar-refractivity contribution is 7.98. The number of thioether (sulfide) groups is 1. The van der Waals surface area contributed by atoms with Gasteiger partial charge in [-0.3, -0.25) is 0 Å². The maximum atomic E-state index is 11.8. The van der Waals surface area contributed by atoms with Gasteiger partial charge in [0, 0.05) is 30.5 Å². The van der Waals surface area contributed by atoms with Gasteiger partial charge in [0.2, 0.25) is 0 Å². The van der Waals surface area contributed by atoms with Crippen molar-refractivity contribution >= 4 is 38.2 Å². The molecule has 6 heteroatoms. The first-order valence-electron chi connectivity index (χ1n) is 7.99. The molecule has 0 aliphatic carbocycles. The van der Waals surface area contributed by atoms with Gasteiger partial charge in [0.05, 0.1) is 0 Å². The van der Waals surface area contributed by atoms with Crippen LogP contribution in [0.4, 0.5) is 5.82 Å². The molecule has 0 fully saturated rings. The predicted octanol–water partition coefficient (Wildman–Crippen LogP) is 3.98. The van der Waals surface area contributed by atoms with E-state index in [-0.39, 0.29) is 4.90 Å². The first-order valence-corrected chi connectivity index (χ1v) is 11.0. The lowest BCUT2D eigenvalue weighted by Crippen LogP contribution is -2.10. The summed E-state index contributed by atoms with van der Waals surface area (Å²) in [7, 11) is -3.28. The van der Waals surface area contributed by atoms with Crippen LogP contribution in [0.15, 0.2) is 65.7 Å². The molecule has 0 spiro atoms. The predicted molar refractivity (Wildman–Crippen MR) is 106 cm³/mol. The highest BCUT2D eigenvalue weighted by Gasteiger charge is 2.13. The number of pyridine rings is 1. The molecular weight excluding hydrogens is 352 g/mol. The van der Waals surface area contributed by atoms with Gasteiger partial charge in [0.15, 0.2) is 9.84 Å². The van der Waals surface area contributed by atoms with Crippen LogP contribution in [-0.4, -0.2) is 32.0 Å². The standard InChI is InChI=1S/C19H20N2O2S2/c1-25(22,23)18-10-5-11-20-19(18)21-12-13-24-14-16-8-4-7-15-6-2-3-9-17(15)16/h2-11H,12-14H2,1H3,(H,20,21). The first kappa shape index (κ1) is 17.8. The zero-order chi connectivity index (χ0) is 17.7. The molecule has 130 valence electrons. The van der Waals surface area contributed by atoms with Crippen LogP contribution in [-0.2, 0) is 15.6 Å². The van der Waals surface area contributed by atoms with E-state index in [0.717, 1.165) is 11.5 Å². The van der Waals surface area contributed by atoms with Gasteiger partial charge in [-0.15, -0.1) is 0 Å². The normalized spacial score (nSPS) is 11.6. The maximum Gasteiger partial charge on any atom is 0.179 e. The molecule has 0 saturated heterocycles. The van der Waals surface area contributed by atoms with Gasteiger partial charge in [-0.2, -0.15) is 11.8 Å². The van der Waals surface area contributed by atoms with Crippen molar-refractivity contribution in [2.75, 3.05) is 23.9 Å². The summed E-state index contributed by atoms with van der Waals surface area (Å²) in [5, 5.41) is 5.67. The fourth-order valence-electron chi connectivity index (χ4n) is 2.66. The van der Waals surface area contributed by atoms with Crippen LogP contribution < -0.4 is 5.32 Å². The molecule has 1 heterocycles. The Morgan fingerprint density at radius 1 is 1.04 bits per heavy atom. The number of benzene rings is 2. The lowest BCUT2D eigenvalue weighted by Gasteiger charge is -2.10. The highest BCUT2D eigenvalue weighted by atomic mass is 32.2. The second kappa shape index (κ2) is 7.89. The summed E-state index contributed by atoms with van der Waals surface area (Å²) in [4.78, 5) is 4.39. The Morgan fingerprint density at radius 3 is 2.68 bits per heavy atom. The molecule has 0 amide bonds. The highest BCUT2D eigenvalue weighted by Crippen LogP contribution is 2.23. The summed E-state index contributed by atoms with van der Waals surface area (Å²) < 4.78 is 23.5. The fourth-order valence-corrected chi connectivity index (χ4v) is 4.33. The number of nitrogens with one attached hydrogen (secondary N) is 1. The number of fused-ring (bicyclic) bond motifs is 1. The molecule has 0 aliphatic rings. The molecule has 0 atom stereocenters. The molecule has 0 radical (unpaired) electrons. The van der Waals surface area contributed by atoms with Crippen LogP contribution in [0.3, 0.4) is 0 Å². The van der Waals surface area contributed by atoms with Gasteiger partial charge in [0.25, 0.3) is 0 Å².